The zero-order valence-electron chi connectivity index (χ0n) is 9.40. The number of fused-ring (bicyclic) bond motifs is 1. The largest absolute Gasteiger partial charge is 0.246 e. The number of benzene rings is 2. The van der Waals surface area contributed by atoms with Crippen molar-refractivity contribution in [2.45, 2.75) is 0 Å². The predicted molar refractivity (Wildman–Crippen MR) is 77.2 cm³/mol. The molecule has 1 nitrogen and oxygen atoms in total. The summed E-state index contributed by atoms with van der Waals surface area (Å²) in [6, 6.07) is 17.5. The molecule has 1 heterocycles. The third-order valence-electron chi connectivity index (χ3n) is 2.82. The zero-order valence-corrected chi connectivity index (χ0v) is 10.9. The van der Waals surface area contributed by atoms with Gasteiger partial charge in [-0.15, -0.1) is 0 Å². The highest BCUT2D eigenvalue weighted by Crippen LogP contribution is 2.36. The van der Waals surface area contributed by atoms with Crippen molar-refractivity contribution in [2.75, 3.05) is 0 Å². The van der Waals surface area contributed by atoms with Crippen LogP contribution in [-0.2, 0) is 0 Å². The van der Waals surface area contributed by atoms with Crippen molar-refractivity contribution in [1.82, 2.24) is 4.98 Å². The molecule has 0 fully saturated rings. The molecule has 0 atom stereocenters. The Kier molecular flexibility index (Phi) is 2.94. The smallest absolute Gasteiger partial charge is 0.0911 e. The maximum atomic E-state index is 6.31. The Labute approximate surface area is 115 Å². The van der Waals surface area contributed by atoms with Gasteiger partial charge in [-0.3, -0.25) is 0 Å². The standard InChI is InChI=1S/C15H9Cl2N/c16-13-11-8-4-5-9-12(11)18-15(14(13)17)10-6-2-1-3-7-10/h1-9H. The number of pyridine rings is 1. The van der Waals surface area contributed by atoms with Crippen LogP contribution in [0.25, 0.3) is 22.2 Å². The van der Waals surface area contributed by atoms with Gasteiger partial charge in [0.2, 0.25) is 0 Å². The second kappa shape index (κ2) is 4.60. The van der Waals surface area contributed by atoms with E-state index in [0.717, 1.165) is 22.2 Å². The quantitative estimate of drug-likeness (QED) is 0.593. The van der Waals surface area contributed by atoms with Crippen molar-refractivity contribution in [1.29, 1.82) is 0 Å². The lowest BCUT2D eigenvalue weighted by Gasteiger charge is -2.08. The van der Waals surface area contributed by atoms with Crippen LogP contribution in [0, 0.1) is 0 Å². The Morgan fingerprint density at radius 1 is 0.722 bits per heavy atom. The van der Waals surface area contributed by atoms with Crippen LogP contribution in [0.1, 0.15) is 0 Å². The summed E-state index contributed by atoms with van der Waals surface area (Å²) in [5.74, 6) is 0. The Bertz CT molecular complexity index is 708. The molecule has 1 aromatic heterocycles. The molecule has 0 N–H and O–H groups in total. The molecule has 0 bridgehead atoms. The van der Waals surface area contributed by atoms with Crippen molar-refractivity contribution >= 4 is 34.1 Å². The van der Waals surface area contributed by atoms with Gasteiger partial charge >= 0.3 is 0 Å². The minimum atomic E-state index is 0.501. The first-order valence-electron chi connectivity index (χ1n) is 5.56. The van der Waals surface area contributed by atoms with Gasteiger partial charge in [0.1, 0.15) is 0 Å². The summed E-state index contributed by atoms with van der Waals surface area (Å²) in [4.78, 5) is 4.59. The average molecular weight is 274 g/mol. The van der Waals surface area contributed by atoms with E-state index in [-0.39, 0.29) is 0 Å². The SMILES string of the molecule is Clc1c(-c2ccccc2)nc2ccccc2c1Cl. The van der Waals surface area contributed by atoms with E-state index in [1.54, 1.807) is 0 Å². The van der Waals surface area contributed by atoms with Gasteiger partial charge in [-0.2, -0.15) is 0 Å². The highest BCUT2D eigenvalue weighted by Gasteiger charge is 2.12. The van der Waals surface area contributed by atoms with Crippen LogP contribution in [-0.4, -0.2) is 4.98 Å². The van der Waals surface area contributed by atoms with Crippen molar-refractivity contribution < 1.29 is 0 Å². The van der Waals surface area contributed by atoms with Crippen LogP contribution >= 0.6 is 23.2 Å². The fourth-order valence-electron chi connectivity index (χ4n) is 1.94. The van der Waals surface area contributed by atoms with E-state index in [9.17, 15) is 0 Å². The molecule has 0 aliphatic rings. The minimum Gasteiger partial charge on any atom is -0.246 e. The first-order valence-corrected chi connectivity index (χ1v) is 6.32. The highest BCUT2D eigenvalue weighted by atomic mass is 35.5. The van der Waals surface area contributed by atoms with Gasteiger partial charge in [-0.25, -0.2) is 4.98 Å². The number of rotatable bonds is 1. The molecule has 3 aromatic rings. The topological polar surface area (TPSA) is 12.9 Å². The number of nitrogens with zero attached hydrogens (tertiary/aromatic N) is 1. The molecular weight excluding hydrogens is 265 g/mol. The molecule has 0 spiro atoms. The van der Waals surface area contributed by atoms with Crippen molar-refractivity contribution in [3.8, 4) is 11.3 Å². The van der Waals surface area contributed by atoms with Crippen LogP contribution < -0.4 is 0 Å². The van der Waals surface area contributed by atoms with Gasteiger partial charge in [-0.1, -0.05) is 71.7 Å². The molecule has 0 unspecified atom stereocenters. The number of hydrogen-bond acceptors (Lipinski definition) is 1. The maximum Gasteiger partial charge on any atom is 0.0911 e. The summed E-state index contributed by atoms with van der Waals surface area (Å²) in [5.41, 5.74) is 2.54. The fraction of sp³-hybridized carbons (Fsp3) is 0. The fourth-order valence-corrected chi connectivity index (χ4v) is 2.44. The lowest BCUT2D eigenvalue weighted by atomic mass is 10.1. The third kappa shape index (κ3) is 1.86. The molecule has 3 heteroatoms. The van der Waals surface area contributed by atoms with Crippen LogP contribution in [0.15, 0.2) is 54.6 Å². The number of halogens is 2. The molecule has 3 rings (SSSR count). The zero-order chi connectivity index (χ0) is 12.5. The van der Waals surface area contributed by atoms with Gasteiger partial charge in [-0.05, 0) is 6.07 Å². The summed E-state index contributed by atoms with van der Waals surface area (Å²) < 4.78 is 0. The molecule has 0 radical (unpaired) electrons. The van der Waals surface area contributed by atoms with Crippen molar-refractivity contribution in [3.05, 3.63) is 64.6 Å². The summed E-state index contributed by atoms with van der Waals surface area (Å²) in [6.45, 7) is 0. The van der Waals surface area contributed by atoms with E-state index in [2.05, 4.69) is 4.98 Å². The van der Waals surface area contributed by atoms with E-state index in [1.165, 1.54) is 0 Å². The first kappa shape index (κ1) is 11.5. The number of para-hydroxylation sites is 1. The minimum absolute atomic E-state index is 0.501. The third-order valence-corrected chi connectivity index (χ3v) is 3.68. The van der Waals surface area contributed by atoms with Crippen LogP contribution in [0.3, 0.4) is 0 Å². The average Bonchev–Trinajstić information content (AvgIpc) is 2.44. The first-order chi connectivity index (χ1) is 8.77. The number of aromatic nitrogens is 1. The van der Waals surface area contributed by atoms with E-state index < -0.39 is 0 Å². The second-order valence-electron chi connectivity index (χ2n) is 3.97. The molecule has 0 aliphatic heterocycles. The van der Waals surface area contributed by atoms with Crippen LogP contribution in [0.5, 0.6) is 0 Å². The van der Waals surface area contributed by atoms with Crippen molar-refractivity contribution in [3.63, 3.8) is 0 Å². The second-order valence-corrected chi connectivity index (χ2v) is 4.73. The van der Waals surface area contributed by atoms with Gasteiger partial charge in [0.05, 0.1) is 21.3 Å². The van der Waals surface area contributed by atoms with E-state index in [1.807, 2.05) is 54.6 Å². The van der Waals surface area contributed by atoms with Gasteiger partial charge in [0.25, 0.3) is 0 Å². The Hall–Kier alpha value is -1.57. The highest BCUT2D eigenvalue weighted by molar-refractivity contribution is 6.46. The molecule has 2 aromatic carbocycles. The summed E-state index contributed by atoms with van der Waals surface area (Å²) in [7, 11) is 0. The lowest BCUT2D eigenvalue weighted by Crippen LogP contribution is -1.88. The van der Waals surface area contributed by atoms with Gasteiger partial charge < -0.3 is 0 Å². The lowest BCUT2D eigenvalue weighted by molar-refractivity contribution is 1.40. The maximum absolute atomic E-state index is 6.31. The normalized spacial score (nSPS) is 10.8. The Morgan fingerprint density at radius 2 is 1.39 bits per heavy atom. The van der Waals surface area contributed by atoms with E-state index in [4.69, 9.17) is 23.2 Å². The molecule has 0 saturated heterocycles. The van der Waals surface area contributed by atoms with E-state index >= 15 is 0 Å². The van der Waals surface area contributed by atoms with Crippen molar-refractivity contribution in [2.24, 2.45) is 0 Å². The summed E-state index contributed by atoms with van der Waals surface area (Å²) in [5, 5.41) is 1.94. The molecule has 0 saturated carbocycles. The Balaban J connectivity index is 2.34. The molecule has 88 valence electrons. The monoisotopic (exact) mass is 273 g/mol. The van der Waals surface area contributed by atoms with Crippen LogP contribution in [0.2, 0.25) is 10.0 Å². The predicted octanol–water partition coefficient (Wildman–Crippen LogP) is 5.21. The van der Waals surface area contributed by atoms with Gasteiger partial charge in [0, 0.05) is 10.9 Å². The summed E-state index contributed by atoms with van der Waals surface area (Å²) >= 11 is 12.6. The molecule has 0 amide bonds. The molecular formula is C15H9Cl2N. The molecule has 18 heavy (non-hydrogen) atoms. The summed E-state index contributed by atoms with van der Waals surface area (Å²) in [6.07, 6.45) is 0. The Morgan fingerprint density at radius 3 is 2.17 bits per heavy atom. The van der Waals surface area contributed by atoms with Crippen LogP contribution in [0.4, 0.5) is 0 Å². The van der Waals surface area contributed by atoms with E-state index in [0.29, 0.717) is 10.0 Å². The molecule has 0 aliphatic carbocycles. The van der Waals surface area contributed by atoms with Gasteiger partial charge in [0.15, 0.2) is 0 Å². The number of hydrogen-bond donors (Lipinski definition) is 0.